The van der Waals surface area contributed by atoms with Crippen LogP contribution in [0, 0.1) is 16.0 Å². The van der Waals surface area contributed by atoms with Gasteiger partial charge in [0.15, 0.2) is 5.76 Å². The molecule has 0 unspecified atom stereocenters. The molecule has 0 saturated carbocycles. The molecular formula is C19H22N4O5. The van der Waals surface area contributed by atoms with Gasteiger partial charge in [-0.2, -0.15) is 0 Å². The number of rotatable bonds is 7. The number of hydrogen-bond acceptors (Lipinski definition) is 6. The van der Waals surface area contributed by atoms with Crippen LogP contribution in [0.25, 0.3) is 0 Å². The molecule has 1 aliphatic heterocycles. The summed E-state index contributed by atoms with van der Waals surface area (Å²) in [5, 5.41) is 16.6. The van der Waals surface area contributed by atoms with Crippen LogP contribution in [0.4, 0.5) is 11.4 Å². The minimum Gasteiger partial charge on any atom is -0.459 e. The SMILES string of the molecule is O=C(NCCNc1ccc([N+](=O)[O-])cc1)C1CCN(C(=O)c2ccco2)CC1. The predicted octanol–water partition coefficient (Wildman–Crippen LogP) is 2.27. The monoisotopic (exact) mass is 386 g/mol. The molecule has 0 aliphatic carbocycles. The van der Waals surface area contributed by atoms with Crippen LogP contribution in [0.15, 0.2) is 47.1 Å². The average molecular weight is 386 g/mol. The number of anilines is 1. The van der Waals surface area contributed by atoms with Crippen LogP contribution in [-0.4, -0.2) is 47.8 Å². The Balaban J connectivity index is 1.35. The lowest BCUT2D eigenvalue weighted by atomic mass is 9.95. The number of non-ortho nitro benzene ring substituents is 1. The number of nitrogens with one attached hydrogen (secondary N) is 2. The quantitative estimate of drug-likeness (QED) is 0.428. The number of likely N-dealkylation sites (tertiary alicyclic amines) is 1. The summed E-state index contributed by atoms with van der Waals surface area (Å²) in [6.07, 6.45) is 2.71. The fourth-order valence-electron chi connectivity index (χ4n) is 3.14. The predicted molar refractivity (Wildman–Crippen MR) is 102 cm³/mol. The van der Waals surface area contributed by atoms with Gasteiger partial charge in [0, 0.05) is 49.9 Å². The van der Waals surface area contributed by atoms with Crippen LogP contribution in [-0.2, 0) is 4.79 Å². The molecule has 2 heterocycles. The number of nitro benzene ring substituents is 1. The van der Waals surface area contributed by atoms with Crippen molar-refractivity contribution in [2.45, 2.75) is 12.8 Å². The number of nitrogens with zero attached hydrogens (tertiary/aromatic N) is 2. The maximum absolute atomic E-state index is 12.3. The zero-order valence-corrected chi connectivity index (χ0v) is 15.3. The molecule has 0 atom stereocenters. The van der Waals surface area contributed by atoms with Gasteiger partial charge >= 0.3 is 0 Å². The van der Waals surface area contributed by atoms with E-state index in [4.69, 9.17) is 4.42 Å². The molecule has 2 N–H and O–H groups in total. The van der Waals surface area contributed by atoms with E-state index in [2.05, 4.69) is 10.6 Å². The van der Waals surface area contributed by atoms with Crippen LogP contribution in [0.3, 0.4) is 0 Å². The Morgan fingerprint density at radius 1 is 1.14 bits per heavy atom. The summed E-state index contributed by atoms with van der Waals surface area (Å²) < 4.78 is 5.13. The third-order valence-corrected chi connectivity index (χ3v) is 4.72. The van der Waals surface area contributed by atoms with E-state index in [9.17, 15) is 19.7 Å². The summed E-state index contributed by atoms with van der Waals surface area (Å²) in [5.74, 6) is 0.0481. The molecule has 9 nitrogen and oxygen atoms in total. The molecule has 1 aromatic heterocycles. The Kier molecular flexibility index (Phi) is 6.25. The maximum Gasteiger partial charge on any atom is 0.289 e. The number of furan rings is 1. The normalized spacial score (nSPS) is 14.5. The van der Waals surface area contributed by atoms with Gasteiger partial charge in [0.05, 0.1) is 11.2 Å². The van der Waals surface area contributed by atoms with E-state index in [0.29, 0.717) is 44.8 Å². The van der Waals surface area contributed by atoms with E-state index in [-0.39, 0.29) is 23.4 Å². The average Bonchev–Trinajstić information content (AvgIpc) is 3.26. The van der Waals surface area contributed by atoms with Crippen molar-refractivity contribution in [2.75, 3.05) is 31.5 Å². The second-order valence-corrected chi connectivity index (χ2v) is 6.57. The molecular weight excluding hydrogens is 364 g/mol. The Bertz CT molecular complexity index is 811. The van der Waals surface area contributed by atoms with Crippen molar-refractivity contribution in [3.05, 3.63) is 58.5 Å². The van der Waals surface area contributed by atoms with Crippen LogP contribution in [0.1, 0.15) is 23.4 Å². The molecule has 0 bridgehead atoms. The van der Waals surface area contributed by atoms with Gasteiger partial charge in [-0.3, -0.25) is 19.7 Å². The van der Waals surface area contributed by atoms with Crippen LogP contribution in [0.5, 0.6) is 0 Å². The summed E-state index contributed by atoms with van der Waals surface area (Å²) >= 11 is 0. The number of nitro groups is 1. The first-order valence-corrected chi connectivity index (χ1v) is 9.13. The first-order chi connectivity index (χ1) is 13.5. The van der Waals surface area contributed by atoms with Crippen molar-refractivity contribution in [3.8, 4) is 0 Å². The largest absolute Gasteiger partial charge is 0.459 e. The zero-order valence-electron chi connectivity index (χ0n) is 15.3. The van der Waals surface area contributed by atoms with E-state index in [1.165, 1.54) is 18.4 Å². The summed E-state index contributed by atoms with van der Waals surface area (Å²) in [6.45, 7) is 2.01. The molecule has 1 aliphatic rings. The third kappa shape index (κ3) is 4.87. The van der Waals surface area contributed by atoms with Crippen molar-refractivity contribution in [3.63, 3.8) is 0 Å². The number of carbonyl (C=O) groups is 2. The topological polar surface area (TPSA) is 118 Å². The van der Waals surface area contributed by atoms with Crippen molar-refractivity contribution in [1.29, 1.82) is 0 Å². The van der Waals surface area contributed by atoms with E-state index in [1.807, 2.05) is 0 Å². The lowest BCUT2D eigenvalue weighted by Crippen LogP contribution is -2.43. The van der Waals surface area contributed by atoms with Gasteiger partial charge in [-0.15, -0.1) is 0 Å². The van der Waals surface area contributed by atoms with Crippen LogP contribution in [0.2, 0.25) is 0 Å². The van der Waals surface area contributed by atoms with Gasteiger partial charge in [0.25, 0.3) is 11.6 Å². The fourth-order valence-corrected chi connectivity index (χ4v) is 3.14. The first-order valence-electron chi connectivity index (χ1n) is 9.13. The molecule has 148 valence electrons. The van der Waals surface area contributed by atoms with Gasteiger partial charge in [-0.1, -0.05) is 0 Å². The Morgan fingerprint density at radius 3 is 2.46 bits per heavy atom. The van der Waals surface area contributed by atoms with Crippen LogP contribution < -0.4 is 10.6 Å². The van der Waals surface area contributed by atoms with Gasteiger partial charge in [0.1, 0.15) is 0 Å². The number of benzene rings is 1. The van der Waals surface area contributed by atoms with Crippen LogP contribution >= 0.6 is 0 Å². The lowest BCUT2D eigenvalue weighted by molar-refractivity contribution is -0.384. The summed E-state index contributed by atoms with van der Waals surface area (Å²) in [7, 11) is 0. The number of hydrogen-bond donors (Lipinski definition) is 2. The van der Waals surface area contributed by atoms with Crippen molar-refractivity contribution < 1.29 is 18.9 Å². The van der Waals surface area contributed by atoms with Gasteiger partial charge in [-0.05, 0) is 37.1 Å². The molecule has 0 spiro atoms. The zero-order chi connectivity index (χ0) is 19.9. The van der Waals surface area contributed by atoms with E-state index in [1.54, 1.807) is 29.2 Å². The Hall–Kier alpha value is -3.36. The molecule has 28 heavy (non-hydrogen) atoms. The second kappa shape index (κ2) is 9.03. The minimum absolute atomic E-state index is 0.0180. The molecule has 0 radical (unpaired) electrons. The summed E-state index contributed by atoms with van der Waals surface area (Å²) in [6, 6.07) is 9.44. The maximum atomic E-state index is 12.3. The smallest absolute Gasteiger partial charge is 0.289 e. The van der Waals surface area contributed by atoms with E-state index in [0.717, 1.165) is 5.69 Å². The molecule has 1 fully saturated rings. The first kappa shape index (κ1) is 19.4. The molecule has 9 heteroatoms. The molecule has 3 rings (SSSR count). The molecule has 2 aromatic rings. The highest BCUT2D eigenvalue weighted by molar-refractivity contribution is 5.91. The molecule has 1 aromatic carbocycles. The Labute approximate surface area is 161 Å². The lowest BCUT2D eigenvalue weighted by Gasteiger charge is -2.30. The van der Waals surface area contributed by atoms with E-state index >= 15 is 0 Å². The van der Waals surface area contributed by atoms with Gasteiger partial charge in [-0.25, -0.2) is 0 Å². The highest BCUT2D eigenvalue weighted by atomic mass is 16.6. The Morgan fingerprint density at radius 2 is 1.86 bits per heavy atom. The highest BCUT2D eigenvalue weighted by Gasteiger charge is 2.28. The third-order valence-electron chi connectivity index (χ3n) is 4.72. The second-order valence-electron chi connectivity index (χ2n) is 6.57. The molecule has 2 amide bonds. The minimum atomic E-state index is -0.447. The van der Waals surface area contributed by atoms with E-state index < -0.39 is 4.92 Å². The fraction of sp³-hybridized carbons (Fsp3) is 0.368. The molecule has 1 saturated heterocycles. The van der Waals surface area contributed by atoms with Gasteiger partial charge in [0.2, 0.25) is 5.91 Å². The number of carbonyl (C=O) groups excluding carboxylic acids is 2. The van der Waals surface area contributed by atoms with Gasteiger partial charge < -0.3 is 20.0 Å². The van der Waals surface area contributed by atoms with Crippen molar-refractivity contribution in [1.82, 2.24) is 10.2 Å². The highest BCUT2D eigenvalue weighted by Crippen LogP contribution is 2.19. The summed E-state index contributed by atoms with van der Waals surface area (Å²) in [5.41, 5.74) is 0.792. The summed E-state index contributed by atoms with van der Waals surface area (Å²) in [4.78, 5) is 36.4. The number of amides is 2. The number of piperidine rings is 1. The standard InChI is InChI=1S/C19H22N4O5/c24-18(21-10-9-20-15-3-5-16(6-4-15)23(26)27)14-7-11-22(12-8-14)19(25)17-2-1-13-28-17/h1-6,13-14,20H,7-12H2,(H,21,24). The van der Waals surface area contributed by atoms with Crippen molar-refractivity contribution >= 4 is 23.2 Å². The van der Waals surface area contributed by atoms with Crippen molar-refractivity contribution in [2.24, 2.45) is 5.92 Å².